The number of benzene rings is 2. The van der Waals surface area contributed by atoms with Gasteiger partial charge in [0.1, 0.15) is 5.82 Å². The van der Waals surface area contributed by atoms with Gasteiger partial charge in [-0.3, -0.25) is 14.4 Å². The maximum Gasteiger partial charge on any atom is 0.308 e. The van der Waals surface area contributed by atoms with E-state index in [2.05, 4.69) is 0 Å². The Morgan fingerprint density at radius 1 is 1.11 bits per heavy atom. The fourth-order valence-corrected chi connectivity index (χ4v) is 4.12. The van der Waals surface area contributed by atoms with Crippen molar-refractivity contribution in [2.24, 2.45) is 5.92 Å². The summed E-state index contributed by atoms with van der Waals surface area (Å²) in [7, 11) is 1.68. The number of hydrogen-bond donors (Lipinski definition) is 1. The second kappa shape index (κ2) is 6.74. The monoisotopic (exact) mass is 382 g/mol. The zero-order valence-corrected chi connectivity index (χ0v) is 15.3. The summed E-state index contributed by atoms with van der Waals surface area (Å²) in [4.78, 5) is 40.4. The molecule has 2 aliphatic rings. The van der Waals surface area contributed by atoms with Crippen molar-refractivity contribution >= 4 is 17.8 Å². The number of nitrogens with zero attached hydrogens (tertiary/aromatic N) is 2. The van der Waals surface area contributed by atoms with Crippen LogP contribution in [0.25, 0.3) is 0 Å². The van der Waals surface area contributed by atoms with Crippen LogP contribution in [0.15, 0.2) is 42.5 Å². The molecule has 0 unspecified atom stereocenters. The summed E-state index contributed by atoms with van der Waals surface area (Å²) < 4.78 is 13.2. The van der Waals surface area contributed by atoms with Gasteiger partial charge in [0.05, 0.1) is 17.0 Å². The average molecular weight is 382 g/mol. The summed E-state index contributed by atoms with van der Waals surface area (Å²) in [6.07, 6.45) is 0. The Bertz CT molecular complexity index is 973. The number of carboxylic acid groups (broad SMARTS) is 1. The smallest absolute Gasteiger partial charge is 0.308 e. The lowest BCUT2D eigenvalue weighted by molar-refractivity contribution is -0.141. The lowest BCUT2D eigenvalue weighted by Gasteiger charge is -2.18. The van der Waals surface area contributed by atoms with Crippen LogP contribution in [0.2, 0.25) is 0 Å². The molecule has 144 valence electrons. The van der Waals surface area contributed by atoms with Gasteiger partial charge in [0.25, 0.3) is 11.8 Å². The lowest BCUT2D eigenvalue weighted by atomic mass is 9.89. The molecule has 0 saturated carbocycles. The van der Waals surface area contributed by atoms with Crippen molar-refractivity contribution in [3.8, 4) is 0 Å². The molecule has 28 heavy (non-hydrogen) atoms. The van der Waals surface area contributed by atoms with Crippen molar-refractivity contribution in [3.05, 3.63) is 70.5 Å². The number of aliphatic carboxylic acids is 1. The van der Waals surface area contributed by atoms with Gasteiger partial charge >= 0.3 is 5.97 Å². The van der Waals surface area contributed by atoms with E-state index in [4.69, 9.17) is 0 Å². The lowest BCUT2D eigenvalue weighted by Crippen LogP contribution is -2.31. The van der Waals surface area contributed by atoms with Crippen LogP contribution in [0.4, 0.5) is 4.39 Å². The van der Waals surface area contributed by atoms with Crippen molar-refractivity contribution in [1.82, 2.24) is 9.80 Å². The Hall–Kier alpha value is -3.22. The Labute approximate surface area is 161 Å². The molecule has 6 nitrogen and oxygen atoms in total. The van der Waals surface area contributed by atoms with Crippen LogP contribution in [0.5, 0.6) is 0 Å². The number of carbonyl (C=O) groups is 3. The first-order valence-corrected chi connectivity index (χ1v) is 9.01. The predicted molar refractivity (Wildman–Crippen MR) is 98.4 cm³/mol. The molecule has 0 bridgehead atoms. The van der Waals surface area contributed by atoms with Gasteiger partial charge in [-0.25, -0.2) is 4.39 Å². The highest BCUT2D eigenvalue weighted by molar-refractivity contribution is 6.09. The molecular formula is C21H19FN2O4. The SMILES string of the molecule is CN1Cc2cccc(C(=O)N3C[C@H](C(=O)O)[C@@H](c4ccc(F)cc4)C3)c2C1=O. The van der Waals surface area contributed by atoms with Crippen molar-refractivity contribution < 1.29 is 23.9 Å². The third kappa shape index (κ3) is 2.93. The minimum absolute atomic E-state index is 0.0455. The number of hydrogen-bond acceptors (Lipinski definition) is 3. The quantitative estimate of drug-likeness (QED) is 0.884. The zero-order chi connectivity index (χ0) is 20.0. The van der Waals surface area contributed by atoms with Crippen LogP contribution >= 0.6 is 0 Å². The number of amides is 2. The van der Waals surface area contributed by atoms with Gasteiger partial charge < -0.3 is 14.9 Å². The maximum atomic E-state index is 13.2. The molecule has 0 radical (unpaired) electrons. The molecule has 2 amide bonds. The van der Waals surface area contributed by atoms with Crippen molar-refractivity contribution in [1.29, 1.82) is 0 Å². The maximum absolute atomic E-state index is 13.2. The molecule has 1 N–H and O–H groups in total. The van der Waals surface area contributed by atoms with Gasteiger partial charge in [-0.2, -0.15) is 0 Å². The van der Waals surface area contributed by atoms with Gasteiger partial charge in [0.2, 0.25) is 0 Å². The second-order valence-corrected chi connectivity index (χ2v) is 7.31. The van der Waals surface area contributed by atoms with Crippen LogP contribution in [0.1, 0.15) is 37.8 Å². The Kier molecular flexibility index (Phi) is 4.37. The molecule has 0 aliphatic carbocycles. The normalized spacial score (nSPS) is 21.1. The van der Waals surface area contributed by atoms with Gasteiger partial charge in [-0.1, -0.05) is 24.3 Å². The molecule has 2 aromatic carbocycles. The Morgan fingerprint density at radius 2 is 1.82 bits per heavy atom. The number of fused-ring (bicyclic) bond motifs is 1. The summed E-state index contributed by atoms with van der Waals surface area (Å²) in [6, 6.07) is 10.9. The highest BCUT2D eigenvalue weighted by atomic mass is 19.1. The first-order valence-electron chi connectivity index (χ1n) is 9.01. The number of halogens is 1. The summed E-state index contributed by atoms with van der Waals surface area (Å²) in [5.41, 5.74) is 2.17. The third-order valence-electron chi connectivity index (χ3n) is 5.57. The minimum atomic E-state index is -1.00. The molecule has 2 aliphatic heterocycles. The number of carbonyl (C=O) groups excluding carboxylic acids is 2. The van der Waals surface area contributed by atoms with Crippen molar-refractivity contribution in [2.75, 3.05) is 20.1 Å². The predicted octanol–water partition coefficient (Wildman–Crippen LogP) is 2.35. The molecule has 1 fully saturated rings. The summed E-state index contributed by atoms with van der Waals surface area (Å²) >= 11 is 0. The van der Waals surface area contributed by atoms with Crippen LogP contribution in [-0.4, -0.2) is 52.8 Å². The Balaban J connectivity index is 1.65. The van der Waals surface area contributed by atoms with Gasteiger partial charge in [-0.15, -0.1) is 0 Å². The number of carboxylic acids is 1. The van der Waals surface area contributed by atoms with Crippen LogP contribution < -0.4 is 0 Å². The van der Waals surface area contributed by atoms with E-state index in [-0.39, 0.29) is 24.9 Å². The van der Waals surface area contributed by atoms with E-state index < -0.39 is 23.6 Å². The first-order chi connectivity index (χ1) is 13.4. The van der Waals surface area contributed by atoms with Crippen LogP contribution in [-0.2, 0) is 11.3 Å². The summed E-state index contributed by atoms with van der Waals surface area (Å²) in [6.45, 7) is 0.699. The third-order valence-corrected chi connectivity index (χ3v) is 5.57. The van der Waals surface area contributed by atoms with Crippen LogP contribution in [0.3, 0.4) is 0 Å². The average Bonchev–Trinajstić information content (AvgIpc) is 3.24. The van der Waals surface area contributed by atoms with E-state index in [0.717, 1.165) is 5.56 Å². The molecule has 0 aromatic heterocycles. The highest BCUT2D eigenvalue weighted by Crippen LogP contribution is 2.35. The van der Waals surface area contributed by atoms with Gasteiger partial charge in [-0.05, 0) is 29.3 Å². The van der Waals surface area contributed by atoms with E-state index >= 15 is 0 Å². The molecule has 1 saturated heterocycles. The molecular weight excluding hydrogens is 363 g/mol. The molecule has 7 heteroatoms. The standard InChI is InChI=1S/C21H19FN2O4/c1-23-9-13-3-2-4-15(18(13)20(23)26)19(25)24-10-16(17(11-24)21(27)28)12-5-7-14(22)8-6-12/h2-8,16-17H,9-11H2,1H3,(H,27,28)/t16-,17+/m1/s1. The minimum Gasteiger partial charge on any atom is -0.481 e. The van der Waals surface area contributed by atoms with E-state index in [1.807, 2.05) is 6.07 Å². The van der Waals surface area contributed by atoms with Crippen molar-refractivity contribution in [3.63, 3.8) is 0 Å². The van der Waals surface area contributed by atoms with Gasteiger partial charge in [0, 0.05) is 32.6 Å². The van der Waals surface area contributed by atoms with E-state index in [9.17, 15) is 23.9 Å². The van der Waals surface area contributed by atoms with E-state index in [0.29, 0.717) is 23.2 Å². The Morgan fingerprint density at radius 3 is 2.50 bits per heavy atom. The van der Waals surface area contributed by atoms with Crippen LogP contribution in [0, 0.1) is 11.7 Å². The zero-order valence-electron chi connectivity index (χ0n) is 15.3. The van der Waals surface area contributed by atoms with E-state index in [1.54, 1.807) is 36.2 Å². The summed E-state index contributed by atoms with van der Waals surface area (Å²) in [5.74, 6) is -3.18. The number of likely N-dealkylation sites (tertiary alicyclic amines) is 1. The number of rotatable bonds is 3. The fourth-order valence-electron chi connectivity index (χ4n) is 4.12. The second-order valence-electron chi connectivity index (χ2n) is 7.31. The molecule has 4 rings (SSSR count). The fraction of sp³-hybridized carbons (Fsp3) is 0.286. The highest BCUT2D eigenvalue weighted by Gasteiger charge is 2.42. The van der Waals surface area contributed by atoms with E-state index in [1.165, 1.54) is 17.0 Å². The molecule has 2 heterocycles. The molecule has 0 spiro atoms. The van der Waals surface area contributed by atoms with Crippen molar-refractivity contribution in [2.45, 2.75) is 12.5 Å². The topological polar surface area (TPSA) is 77.9 Å². The largest absolute Gasteiger partial charge is 0.481 e. The summed E-state index contributed by atoms with van der Waals surface area (Å²) in [5, 5.41) is 9.63. The first kappa shape index (κ1) is 18.2. The molecule has 2 aromatic rings. The van der Waals surface area contributed by atoms with Gasteiger partial charge in [0.15, 0.2) is 0 Å². The molecule has 2 atom stereocenters.